The van der Waals surface area contributed by atoms with E-state index in [0.29, 0.717) is 40.2 Å². The predicted octanol–water partition coefficient (Wildman–Crippen LogP) is 9.41. The number of rotatable bonds is 8. The zero-order valence-corrected chi connectivity index (χ0v) is 27.5. The maximum absolute atomic E-state index is 13.1. The molecule has 3 rings (SSSR count). The van der Waals surface area contributed by atoms with E-state index in [4.69, 9.17) is 16.3 Å². The first-order chi connectivity index (χ1) is 17.8. The fourth-order valence-corrected chi connectivity index (χ4v) is 3.70. The van der Waals surface area contributed by atoms with Crippen LogP contribution in [0.3, 0.4) is 0 Å². The van der Waals surface area contributed by atoms with Gasteiger partial charge in [-0.3, -0.25) is 4.99 Å². The van der Waals surface area contributed by atoms with E-state index in [9.17, 15) is 22.4 Å². The van der Waals surface area contributed by atoms with Crippen molar-refractivity contribution in [2.24, 2.45) is 4.99 Å². The van der Waals surface area contributed by atoms with Crippen molar-refractivity contribution in [3.8, 4) is 0 Å². The number of Topliss-reactive ketones (excluding diaryl/α,β-unsaturated/α-hetero) is 1. The number of hydrogen-bond acceptors (Lipinski definition) is 3. The maximum Gasteiger partial charge on any atom is 0.416 e. The van der Waals surface area contributed by atoms with Gasteiger partial charge in [-0.05, 0) is 67.1 Å². The average molecular weight is 787 g/mol. The second-order valence-corrected chi connectivity index (χ2v) is 9.23. The van der Waals surface area contributed by atoms with E-state index in [1.54, 1.807) is 31.2 Å². The van der Waals surface area contributed by atoms with Gasteiger partial charge in [-0.25, -0.2) is 4.39 Å². The fraction of sp³-hybridized carbons (Fsp3) is 0.333. The van der Waals surface area contributed by atoms with Crippen LogP contribution < -0.4 is 0 Å². The Labute approximate surface area is 256 Å². The Morgan fingerprint density at radius 1 is 1.00 bits per heavy atom. The summed E-state index contributed by atoms with van der Waals surface area (Å²) in [5, 5.41) is 0.600. The Hall–Kier alpha value is -1.98. The summed E-state index contributed by atoms with van der Waals surface area (Å²) in [5.41, 5.74) is 3.68. The molecule has 0 aliphatic rings. The van der Waals surface area contributed by atoms with Crippen LogP contribution >= 0.6 is 11.6 Å². The summed E-state index contributed by atoms with van der Waals surface area (Å²) in [7, 11) is 0. The van der Waals surface area contributed by atoms with Gasteiger partial charge < -0.3 is 9.53 Å². The standard InChI is InChI=1S/C20H21F4NO.C10H10ClO.U/c1-4-14(3)25-19-13(2)9-17(20(22,23)24)10-16(19)12-26-11-15-5-7-18(21)8-6-15;1-3-10(12)8-4-7(2)5-9(11)6-8;/h5-10H,4,11-12H2,1-3H3;5-6H,3H2,1-2H3;/q;-1;. The smallest absolute Gasteiger partial charge is 0.372 e. The number of alkyl halides is 3. The molecule has 0 N–H and O–H groups in total. The van der Waals surface area contributed by atoms with Crippen LogP contribution in [0.4, 0.5) is 23.2 Å². The normalized spacial score (nSPS) is 11.4. The van der Waals surface area contributed by atoms with Crippen molar-refractivity contribution in [3.05, 3.63) is 98.8 Å². The molecule has 0 unspecified atom stereocenters. The minimum atomic E-state index is -4.43. The fourth-order valence-electron chi connectivity index (χ4n) is 3.43. The van der Waals surface area contributed by atoms with Gasteiger partial charge >= 0.3 is 6.18 Å². The molecule has 39 heavy (non-hydrogen) atoms. The number of nitrogens with zero attached hydrogens (tertiary/aromatic N) is 1. The average Bonchev–Trinajstić information content (AvgIpc) is 2.85. The van der Waals surface area contributed by atoms with E-state index >= 15 is 0 Å². The minimum absolute atomic E-state index is 0. The molecule has 0 spiro atoms. The Kier molecular flexibility index (Phi) is 14.7. The van der Waals surface area contributed by atoms with Crippen molar-refractivity contribution in [1.29, 1.82) is 0 Å². The first-order valence-electron chi connectivity index (χ1n) is 12.1. The quantitative estimate of drug-likeness (QED) is 0.0989. The molecule has 0 radical (unpaired) electrons. The minimum Gasteiger partial charge on any atom is -0.372 e. The van der Waals surface area contributed by atoms with Crippen molar-refractivity contribution >= 4 is 28.8 Å². The molecule has 9 heteroatoms. The molecule has 0 amide bonds. The number of halogens is 5. The van der Waals surface area contributed by atoms with Gasteiger partial charge in [0.2, 0.25) is 0 Å². The van der Waals surface area contributed by atoms with E-state index in [0.717, 1.165) is 29.0 Å². The van der Waals surface area contributed by atoms with Crippen molar-refractivity contribution in [2.45, 2.75) is 66.9 Å². The van der Waals surface area contributed by atoms with Crippen molar-refractivity contribution in [3.63, 3.8) is 0 Å². The summed E-state index contributed by atoms with van der Waals surface area (Å²) >= 11 is 5.78. The van der Waals surface area contributed by atoms with Crippen LogP contribution in [0.15, 0.2) is 53.5 Å². The van der Waals surface area contributed by atoms with Gasteiger partial charge in [-0.1, -0.05) is 32.9 Å². The molecule has 208 valence electrons. The predicted molar refractivity (Wildman–Crippen MR) is 144 cm³/mol. The molecule has 0 atom stereocenters. The molecule has 0 aliphatic carbocycles. The van der Waals surface area contributed by atoms with Gasteiger partial charge in [0, 0.05) is 42.4 Å². The van der Waals surface area contributed by atoms with Crippen LogP contribution in [0.1, 0.15) is 71.8 Å². The number of hydrogen-bond donors (Lipinski definition) is 0. The zero-order chi connectivity index (χ0) is 28.5. The van der Waals surface area contributed by atoms with E-state index in [-0.39, 0.29) is 55.9 Å². The molecule has 3 nitrogen and oxygen atoms in total. The number of carbonyl (C=O) groups excluding carboxylic acids is 1. The van der Waals surface area contributed by atoms with Gasteiger partial charge in [-0.2, -0.15) is 13.2 Å². The molecule has 0 bridgehead atoms. The summed E-state index contributed by atoms with van der Waals surface area (Å²) in [6, 6.07) is 14.4. The maximum atomic E-state index is 13.1. The molecule has 3 aromatic rings. The molecule has 0 aliphatic heterocycles. The van der Waals surface area contributed by atoms with Crippen LogP contribution in [0.25, 0.3) is 0 Å². The first-order valence-corrected chi connectivity index (χ1v) is 12.5. The number of aryl methyl sites for hydroxylation is 2. The molecule has 0 saturated carbocycles. The largest absolute Gasteiger partial charge is 0.416 e. The van der Waals surface area contributed by atoms with Crippen LogP contribution in [-0.2, 0) is 24.1 Å². The molecule has 0 saturated heterocycles. The van der Waals surface area contributed by atoms with Crippen molar-refractivity contribution < 1.29 is 58.2 Å². The van der Waals surface area contributed by atoms with Gasteiger partial charge in [-0.15, -0.1) is 40.9 Å². The summed E-state index contributed by atoms with van der Waals surface area (Å²) in [4.78, 5) is 15.7. The van der Waals surface area contributed by atoms with Crippen LogP contribution in [-0.4, -0.2) is 11.5 Å². The number of benzene rings is 3. The first kappa shape index (κ1) is 35.0. The summed E-state index contributed by atoms with van der Waals surface area (Å²) in [5.74, 6) is -0.269. The summed E-state index contributed by atoms with van der Waals surface area (Å²) in [6.45, 7) is 9.23. The van der Waals surface area contributed by atoms with Crippen molar-refractivity contribution in [2.75, 3.05) is 0 Å². The third-order valence-corrected chi connectivity index (χ3v) is 5.77. The third-order valence-electron chi connectivity index (χ3n) is 5.55. The van der Waals surface area contributed by atoms with Gasteiger partial charge in [0.1, 0.15) is 5.82 Å². The van der Waals surface area contributed by atoms with Crippen LogP contribution in [0, 0.1) is 56.8 Å². The van der Waals surface area contributed by atoms with Gasteiger partial charge in [0.25, 0.3) is 0 Å². The molecular weight excluding hydrogens is 756 g/mol. The van der Waals surface area contributed by atoms with E-state index < -0.39 is 11.7 Å². The second-order valence-electron chi connectivity index (χ2n) is 8.79. The number of ketones is 1. The Morgan fingerprint density at radius 3 is 2.18 bits per heavy atom. The van der Waals surface area contributed by atoms with E-state index in [1.807, 2.05) is 27.7 Å². The van der Waals surface area contributed by atoms with E-state index in [2.05, 4.69) is 11.1 Å². The molecule has 3 aromatic carbocycles. The summed E-state index contributed by atoms with van der Waals surface area (Å²) in [6.07, 6.45) is -3.23. The number of ether oxygens (including phenoxy) is 1. The molecule has 0 fully saturated rings. The molecule has 0 heterocycles. The van der Waals surface area contributed by atoms with Gasteiger partial charge in [0.15, 0.2) is 0 Å². The number of carbonyl (C=O) groups is 1. The Balaban J connectivity index is 0.000000492. The van der Waals surface area contributed by atoms with Crippen LogP contribution in [0.5, 0.6) is 0 Å². The van der Waals surface area contributed by atoms with Crippen LogP contribution in [0.2, 0.25) is 5.02 Å². The van der Waals surface area contributed by atoms with Gasteiger partial charge in [0.05, 0.1) is 30.2 Å². The molecule has 0 aromatic heterocycles. The Bertz CT molecular complexity index is 1250. The van der Waals surface area contributed by atoms with Crippen molar-refractivity contribution in [1.82, 2.24) is 0 Å². The second kappa shape index (κ2) is 16.3. The number of aliphatic imine (C=N–C) groups is 1. The Morgan fingerprint density at radius 2 is 1.64 bits per heavy atom. The summed E-state index contributed by atoms with van der Waals surface area (Å²) < 4.78 is 57.8. The molecular formula is C30H31ClF4NO2U-. The zero-order valence-electron chi connectivity index (χ0n) is 22.6. The third kappa shape index (κ3) is 11.6. The SMILES string of the molecule is CCC(=O)c1[c-]c(C)cc(Cl)c1.CCC(C)=Nc1c(C)cc(C(F)(F)F)cc1COCc1ccc(F)cc1.[U]. The topological polar surface area (TPSA) is 38.7 Å². The monoisotopic (exact) mass is 786 g/mol. The van der Waals surface area contributed by atoms with E-state index in [1.165, 1.54) is 12.1 Å².